The minimum Gasteiger partial charge on any atom is -0.493 e. The van der Waals surface area contributed by atoms with Crippen LogP contribution in [0.2, 0.25) is 0 Å². The highest BCUT2D eigenvalue weighted by atomic mass is 16.6. The number of rotatable bonds is 8. The number of ether oxygens (including phenoxy) is 3. The largest absolute Gasteiger partial charge is 0.493 e. The molecule has 152 valence electrons. The van der Waals surface area contributed by atoms with E-state index in [1.807, 2.05) is 0 Å². The van der Waals surface area contributed by atoms with Gasteiger partial charge >= 0.3 is 5.97 Å². The fourth-order valence-corrected chi connectivity index (χ4v) is 2.30. The zero-order chi connectivity index (χ0) is 21.6. The molecule has 0 aromatic heterocycles. The smallest absolute Gasteiger partial charge is 0.338 e. The van der Waals surface area contributed by atoms with E-state index in [0.29, 0.717) is 5.75 Å². The van der Waals surface area contributed by atoms with E-state index < -0.39 is 35.0 Å². The van der Waals surface area contributed by atoms with Gasteiger partial charge in [-0.05, 0) is 18.2 Å². The molecule has 2 aromatic carbocycles. The number of amides is 2. The summed E-state index contributed by atoms with van der Waals surface area (Å²) in [6, 6.07) is 7.56. The maximum absolute atomic E-state index is 12.6. The second-order valence-corrected chi connectivity index (χ2v) is 5.59. The molecule has 0 fully saturated rings. The van der Waals surface area contributed by atoms with Gasteiger partial charge in [0.25, 0.3) is 17.5 Å². The number of nitrogens with two attached hydrogens (primary N) is 1. The fraction of sp³-hybridized carbons (Fsp3) is 0.167. The number of esters is 1. The highest BCUT2D eigenvalue weighted by Gasteiger charge is 2.19. The van der Waals surface area contributed by atoms with Gasteiger partial charge in [-0.25, -0.2) is 4.79 Å². The lowest BCUT2D eigenvalue weighted by Crippen LogP contribution is -2.20. The number of nitro groups is 1. The van der Waals surface area contributed by atoms with E-state index in [2.05, 4.69) is 10.1 Å². The van der Waals surface area contributed by atoms with Crippen LogP contribution in [-0.4, -0.2) is 43.5 Å². The van der Waals surface area contributed by atoms with Crippen LogP contribution in [0.1, 0.15) is 20.7 Å². The summed E-state index contributed by atoms with van der Waals surface area (Å²) in [6.07, 6.45) is 0. The summed E-state index contributed by atoms with van der Waals surface area (Å²) >= 11 is 0. The normalized spacial score (nSPS) is 10.0. The Bertz CT molecular complexity index is 974. The Labute approximate surface area is 164 Å². The van der Waals surface area contributed by atoms with Crippen LogP contribution in [-0.2, 0) is 9.53 Å². The van der Waals surface area contributed by atoms with E-state index >= 15 is 0 Å². The van der Waals surface area contributed by atoms with Crippen LogP contribution < -0.4 is 20.5 Å². The summed E-state index contributed by atoms with van der Waals surface area (Å²) in [7, 11) is 2.51. The molecule has 29 heavy (non-hydrogen) atoms. The average molecular weight is 403 g/mol. The van der Waals surface area contributed by atoms with E-state index in [1.165, 1.54) is 31.4 Å². The van der Waals surface area contributed by atoms with Crippen molar-refractivity contribution in [2.75, 3.05) is 26.1 Å². The van der Waals surface area contributed by atoms with Gasteiger partial charge in [-0.3, -0.25) is 19.7 Å². The van der Waals surface area contributed by atoms with Crippen LogP contribution in [0, 0.1) is 10.1 Å². The van der Waals surface area contributed by atoms with Crippen LogP contribution in [0.15, 0.2) is 36.4 Å². The number of anilines is 1. The van der Waals surface area contributed by atoms with Gasteiger partial charge in [-0.1, -0.05) is 0 Å². The lowest BCUT2D eigenvalue weighted by molar-refractivity contribution is -0.384. The van der Waals surface area contributed by atoms with Crippen molar-refractivity contribution in [2.24, 2.45) is 5.73 Å². The Morgan fingerprint density at radius 2 is 1.76 bits per heavy atom. The Morgan fingerprint density at radius 3 is 2.34 bits per heavy atom. The second kappa shape index (κ2) is 9.17. The van der Waals surface area contributed by atoms with Gasteiger partial charge in [0.1, 0.15) is 0 Å². The molecule has 0 bridgehead atoms. The summed E-state index contributed by atoms with van der Waals surface area (Å²) in [5, 5.41) is 13.6. The fourth-order valence-electron chi connectivity index (χ4n) is 2.30. The first-order valence-electron chi connectivity index (χ1n) is 8.03. The Hall–Kier alpha value is -4.15. The molecule has 0 atom stereocenters. The number of nitro benzene ring substituents is 1. The number of nitrogens with zero attached hydrogens (tertiary/aromatic N) is 1. The number of nitrogens with one attached hydrogen (secondary N) is 1. The van der Waals surface area contributed by atoms with Crippen molar-refractivity contribution in [2.45, 2.75) is 0 Å². The highest BCUT2D eigenvalue weighted by Crippen LogP contribution is 2.30. The van der Waals surface area contributed by atoms with Crippen molar-refractivity contribution in [1.82, 2.24) is 0 Å². The molecule has 0 radical (unpaired) electrons. The third-order valence-corrected chi connectivity index (χ3v) is 3.60. The first kappa shape index (κ1) is 21.2. The highest BCUT2D eigenvalue weighted by molar-refractivity contribution is 6.06. The van der Waals surface area contributed by atoms with Crippen molar-refractivity contribution >= 4 is 29.2 Å². The number of carbonyl (C=O) groups excluding carboxylic acids is 3. The molecule has 11 nitrogen and oxygen atoms in total. The van der Waals surface area contributed by atoms with E-state index in [0.717, 1.165) is 19.2 Å². The van der Waals surface area contributed by atoms with E-state index in [-0.39, 0.29) is 22.6 Å². The number of benzene rings is 2. The number of methoxy groups -OCH3 is 2. The minimum atomic E-state index is -0.825. The van der Waals surface area contributed by atoms with Crippen molar-refractivity contribution < 1.29 is 33.5 Å². The van der Waals surface area contributed by atoms with Crippen LogP contribution >= 0.6 is 0 Å². The number of carbonyl (C=O) groups is 3. The first-order chi connectivity index (χ1) is 13.7. The van der Waals surface area contributed by atoms with Gasteiger partial charge in [-0.15, -0.1) is 0 Å². The van der Waals surface area contributed by atoms with Crippen molar-refractivity contribution in [1.29, 1.82) is 0 Å². The summed E-state index contributed by atoms with van der Waals surface area (Å²) in [5.41, 5.74) is 4.58. The Balaban J connectivity index is 2.33. The molecule has 0 heterocycles. The zero-order valence-corrected chi connectivity index (χ0v) is 15.5. The molecule has 0 saturated heterocycles. The molecule has 11 heteroatoms. The van der Waals surface area contributed by atoms with Gasteiger partial charge in [-0.2, -0.15) is 0 Å². The Morgan fingerprint density at radius 1 is 1.07 bits per heavy atom. The van der Waals surface area contributed by atoms with Crippen LogP contribution in [0.25, 0.3) is 0 Å². The summed E-state index contributed by atoms with van der Waals surface area (Å²) < 4.78 is 14.9. The number of primary amides is 1. The van der Waals surface area contributed by atoms with Crippen LogP contribution in [0.4, 0.5) is 11.4 Å². The van der Waals surface area contributed by atoms with E-state index in [1.54, 1.807) is 0 Å². The molecular formula is C18H17N3O8. The van der Waals surface area contributed by atoms with Gasteiger partial charge in [0.15, 0.2) is 18.1 Å². The lowest BCUT2D eigenvalue weighted by Gasteiger charge is -2.12. The average Bonchev–Trinajstić information content (AvgIpc) is 2.71. The first-order valence-corrected chi connectivity index (χ1v) is 8.03. The third kappa shape index (κ3) is 5.42. The Kier molecular flexibility index (Phi) is 6.69. The number of non-ortho nitro benzene ring substituents is 1. The maximum atomic E-state index is 12.6. The quantitative estimate of drug-likeness (QED) is 0.381. The molecule has 2 aromatic rings. The zero-order valence-electron chi connectivity index (χ0n) is 15.5. The minimum absolute atomic E-state index is 0.130. The number of hydrogen-bond donors (Lipinski definition) is 2. The summed E-state index contributed by atoms with van der Waals surface area (Å²) in [4.78, 5) is 45.5. The second-order valence-electron chi connectivity index (χ2n) is 5.59. The third-order valence-electron chi connectivity index (χ3n) is 3.60. The maximum Gasteiger partial charge on any atom is 0.338 e. The van der Waals surface area contributed by atoms with Crippen LogP contribution in [0.3, 0.4) is 0 Å². The molecule has 0 spiro atoms. The van der Waals surface area contributed by atoms with Crippen molar-refractivity contribution in [3.05, 3.63) is 57.6 Å². The molecule has 0 saturated carbocycles. The van der Waals surface area contributed by atoms with Crippen molar-refractivity contribution in [3.63, 3.8) is 0 Å². The van der Waals surface area contributed by atoms with Crippen LogP contribution in [0.5, 0.6) is 11.5 Å². The van der Waals surface area contributed by atoms with Gasteiger partial charge in [0.2, 0.25) is 0 Å². The van der Waals surface area contributed by atoms with Crippen molar-refractivity contribution in [3.8, 4) is 11.5 Å². The van der Waals surface area contributed by atoms with Gasteiger partial charge < -0.3 is 25.3 Å². The number of hydrogen-bond acceptors (Lipinski definition) is 8. The van der Waals surface area contributed by atoms with Gasteiger partial charge in [0, 0.05) is 29.4 Å². The molecule has 0 aliphatic rings. The SMILES string of the molecule is COC(=O)c1cc(C(=O)Nc2ccc(OC)c(OCC(N)=O)c2)cc([N+](=O)[O-])c1. The molecule has 0 aliphatic carbocycles. The summed E-state index contributed by atoms with van der Waals surface area (Å²) in [6.45, 7) is -0.402. The molecule has 0 aliphatic heterocycles. The monoisotopic (exact) mass is 403 g/mol. The molecule has 2 amide bonds. The van der Waals surface area contributed by atoms with Gasteiger partial charge in [0.05, 0.1) is 24.7 Å². The predicted molar refractivity (Wildman–Crippen MR) is 100 cm³/mol. The summed E-state index contributed by atoms with van der Waals surface area (Å²) in [5.74, 6) is -1.79. The predicted octanol–water partition coefficient (Wildman–Crippen LogP) is 1.51. The molecule has 3 N–H and O–H groups in total. The molecular weight excluding hydrogens is 386 g/mol. The van der Waals surface area contributed by atoms with E-state index in [4.69, 9.17) is 15.2 Å². The molecule has 2 rings (SSSR count). The molecule has 0 unspecified atom stereocenters. The standard InChI is InChI=1S/C18H17N3O8/c1-27-14-4-3-12(8-15(14)29-9-16(19)22)20-17(23)10-5-11(18(24)28-2)7-13(6-10)21(25)26/h3-8H,9H2,1-2H3,(H2,19,22)(H,20,23). The topological polar surface area (TPSA) is 160 Å². The van der Waals surface area contributed by atoms with E-state index in [9.17, 15) is 24.5 Å². The lowest BCUT2D eigenvalue weighted by atomic mass is 10.1.